The van der Waals surface area contributed by atoms with Gasteiger partial charge in [0.05, 0.1) is 18.4 Å². The van der Waals surface area contributed by atoms with Crippen molar-refractivity contribution in [2.45, 2.75) is 31.3 Å². The summed E-state index contributed by atoms with van der Waals surface area (Å²) in [5.41, 5.74) is 11.9. The first kappa shape index (κ1) is 14.3. The molecule has 1 heterocycles. The predicted octanol–water partition coefficient (Wildman–Crippen LogP) is -1.30. The molecule has 0 fully saturated rings. The lowest BCUT2D eigenvalue weighted by Gasteiger charge is -2.15. The molecule has 0 saturated heterocycles. The molecule has 0 saturated carbocycles. The third-order valence-electron chi connectivity index (χ3n) is 2.54. The molecule has 1 amide bonds. The van der Waals surface area contributed by atoms with Crippen molar-refractivity contribution in [2.24, 2.45) is 11.5 Å². The molecule has 0 aliphatic heterocycles. The second-order valence-electron chi connectivity index (χ2n) is 4.07. The maximum absolute atomic E-state index is 11.7. The first-order chi connectivity index (χ1) is 8.67. The normalized spacial score (nSPS) is 13.9. The predicted molar refractivity (Wildman–Crippen MR) is 66.6 cm³/mol. The van der Waals surface area contributed by atoms with Gasteiger partial charge in [-0.05, 0) is 19.4 Å². The molecule has 0 unspecified atom stereocenters. The van der Waals surface area contributed by atoms with Gasteiger partial charge >= 0.3 is 0 Å². The molecule has 0 radical (unpaired) electrons. The van der Waals surface area contributed by atoms with E-state index in [4.69, 9.17) is 11.5 Å². The lowest BCUT2D eigenvalue weighted by Crippen LogP contribution is -2.47. The lowest BCUT2D eigenvalue weighted by molar-refractivity contribution is -0.125. The van der Waals surface area contributed by atoms with Crippen molar-refractivity contribution in [1.82, 2.24) is 15.3 Å². The number of hydrogen-bond donors (Lipinski definition) is 4. The van der Waals surface area contributed by atoms with Crippen molar-refractivity contribution in [3.63, 3.8) is 0 Å². The maximum atomic E-state index is 11.7. The number of aromatic amines is 1. The number of carbonyl (C=O) groups is 2. The summed E-state index contributed by atoms with van der Waals surface area (Å²) in [5.74, 6) is -0.348. The van der Waals surface area contributed by atoms with Crippen LogP contribution in [0.3, 0.4) is 0 Å². The third-order valence-corrected chi connectivity index (χ3v) is 2.54. The molecule has 1 aromatic heterocycles. The number of nitrogens with one attached hydrogen (secondary N) is 2. The van der Waals surface area contributed by atoms with Gasteiger partial charge in [0, 0.05) is 18.3 Å². The van der Waals surface area contributed by atoms with Crippen LogP contribution in [0.4, 0.5) is 0 Å². The van der Waals surface area contributed by atoms with Gasteiger partial charge in [-0.15, -0.1) is 0 Å². The van der Waals surface area contributed by atoms with Crippen molar-refractivity contribution >= 4 is 12.2 Å². The van der Waals surface area contributed by atoms with Gasteiger partial charge in [0.2, 0.25) is 5.91 Å². The Hall–Kier alpha value is -1.73. The Morgan fingerprint density at radius 1 is 1.61 bits per heavy atom. The standard InChI is InChI=1S/C11H19N5O2/c12-3-1-2-8(6-17)16-11(18)10(13)4-9-5-14-7-15-9/h5-8,10H,1-4,12-13H2,(H,14,15)(H,16,18)/t8-,10-/m0/s1. The highest BCUT2D eigenvalue weighted by molar-refractivity contribution is 5.84. The molecule has 2 atom stereocenters. The Morgan fingerprint density at radius 3 is 2.94 bits per heavy atom. The monoisotopic (exact) mass is 253 g/mol. The van der Waals surface area contributed by atoms with Gasteiger partial charge < -0.3 is 26.6 Å². The SMILES string of the molecule is NCCC[C@@H](C=O)NC(=O)[C@@H](N)Cc1cnc[nH]1. The molecule has 0 bridgehead atoms. The Kier molecular flexibility index (Phi) is 6.03. The fraction of sp³-hybridized carbons (Fsp3) is 0.545. The number of carbonyl (C=O) groups excluding carboxylic acids is 2. The number of imidazole rings is 1. The fourth-order valence-electron chi connectivity index (χ4n) is 1.53. The molecule has 1 aromatic rings. The van der Waals surface area contributed by atoms with Gasteiger partial charge in [0.15, 0.2) is 0 Å². The van der Waals surface area contributed by atoms with E-state index in [0.29, 0.717) is 32.1 Å². The number of nitrogens with two attached hydrogens (primary N) is 2. The molecule has 18 heavy (non-hydrogen) atoms. The second-order valence-corrected chi connectivity index (χ2v) is 4.07. The minimum atomic E-state index is -0.703. The Balaban J connectivity index is 2.40. The highest BCUT2D eigenvalue weighted by Gasteiger charge is 2.18. The smallest absolute Gasteiger partial charge is 0.237 e. The molecule has 0 aromatic carbocycles. The lowest BCUT2D eigenvalue weighted by atomic mass is 10.1. The summed E-state index contributed by atoms with van der Waals surface area (Å²) in [6.07, 6.45) is 5.40. The molecule has 7 nitrogen and oxygen atoms in total. The number of aromatic nitrogens is 2. The van der Waals surface area contributed by atoms with Crippen LogP contribution in [-0.4, -0.2) is 40.8 Å². The number of hydrogen-bond acceptors (Lipinski definition) is 5. The van der Waals surface area contributed by atoms with Crippen molar-refractivity contribution in [3.8, 4) is 0 Å². The van der Waals surface area contributed by atoms with Crippen molar-refractivity contribution in [3.05, 3.63) is 18.2 Å². The van der Waals surface area contributed by atoms with Crippen LogP contribution >= 0.6 is 0 Å². The summed E-state index contributed by atoms with van der Waals surface area (Å²) in [5, 5.41) is 2.59. The van der Waals surface area contributed by atoms with E-state index in [1.807, 2.05) is 0 Å². The molecule has 1 rings (SSSR count). The van der Waals surface area contributed by atoms with Gasteiger partial charge in [0.1, 0.15) is 6.29 Å². The molecular weight excluding hydrogens is 234 g/mol. The summed E-state index contributed by atoms with van der Waals surface area (Å²) >= 11 is 0. The van der Waals surface area contributed by atoms with E-state index in [2.05, 4.69) is 15.3 Å². The molecule has 0 aliphatic carbocycles. The second kappa shape index (κ2) is 7.57. The largest absolute Gasteiger partial charge is 0.348 e. The van der Waals surface area contributed by atoms with E-state index in [0.717, 1.165) is 5.69 Å². The zero-order valence-corrected chi connectivity index (χ0v) is 10.1. The summed E-state index contributed by atoms with van der Waals surface area (Å²) in [4.78, 5) is 29.2. The summed E-state index contributed by atoms with van der Waals surface area (Å²) in [7, 11) is 0. The Labute approximate surface area is 105 Å². The first-order valence-electron chi connectivity index (χ1n) is 5.86. The highest BCUT2D eigenvalue weighted by atomic mass is 16.2. The van der Waals surface area contributed by atoms with Gasteiger partial charge in [0.25, 0.3) is 0 Å². The van der Waals surface area contributed by atoms with Crippen molar-refractivity contribution in [2.75, 3.05) is 6.54 Å². The van der Waals surface area contributed by atoms with Gasteiger partial charge in [-0.2, -0.15) is 0 Å². The number of amides is 1. The van der Waals surface area contributed by atoms with Crippen LogP contribution in [0.15, 0.2) is 12.5 Å². The molecule has 100 valence electrons. The van der Waals surface area contributed by atoms with Crippen LogP contribution in [0.25, 0.3) is 0 Å². The zero-order chi connectivity index (χ0) is 13.4. The number of H-pyrrole nitrogens is 1. The van der Waals surface area contributed by atoms with Crippen molar-refractivity contribution in [1.29, 1.82) is 0 Å². The molecule has 0 aliphatic rings. The summed E-state index contributed by atoms with van der Waals surface area (Å²) in [6.45, 7) is 0.487. The first-order valence-corrected chi connectivity index (χ1v) is 5.86. The fourth-order valence-corrected chi connectivity index (χ4v) is 1.53. The van der Waals surface area contributed by atoms with E-state index in [-0.39, 0.29) is 5.91 Å². The van der Waals surface area contributed by atoms with Crippen LogP contribution in [-0.2, 0) is 16.0 Å². The Bertz CT molecular complexity index is 366. The molecule has 0 spiro atoms. The van der Waals surface area contributed by atoms with E-state index in [1.54, 1.807) is 6.20 Å². The van der Waals surface area contributed by atoms with Crippen LogP contribution in [0.5, 0.6) is 0 Å². The molecule has 7 heteroatoms. The minimum absolute atomic E-state index is 0.348. The maximum Gasteiger partial charge on any atom is 0.237 e. The van der Waals surface area contributed by atoms with Crippen LogP contribution in [0, 0.1) is 0 Å². The van der Waals surface area contributed by atoms with E-state index in [1.165, 1.54) is 6.33 Å². The zero-order valence-electron chi connectivity index (χ0n) is 10.1. The quantitative estimate of drug-likeness (QED) is 0.428. The highest BCUT2D eigenvalue weighted by Crippen LogP contribution is 1.98. The summed E-state index contributed by atoms with van der Waals surface area (Å²) in [6, 6.07) is -1.22. The number of aldehydes is 1. The molecular formula is C11H19N5O2. The molecule has 6 N–H and O–H groups in total. The van der Waals surface area contributed by atoms with Crippen LogP contribution < -0.4 is 16.8 Å². The number of rotatable bonds is 8. The van der Waals surface area contributed by atoms with E-state index >= 15 is 0 Å². The van der Waals surface area contributed by atoms with Gasteiger partial charge in [-0.1, -0.05) is 0 Å². The van der Waals surface area contributed by atoms with Gasteiger partial charge in [-0.25, -0.2) is 4.98 Å². The van der Waals surface area contributed by atoms with Gasteiger partial charge in [-0.3, -0.25) is 4.79 Å². The van der Waals surface area contributed by atoms with E-state index < -0.39 is 12.1 Å². The minimum Gasteiger partial charge on any atom is -0.348 e. The van der Waals surface area contributed by atoms with Crippen LogP contribution in [0.2, 0.25) is 0 Å². The van der Waals surface area contributed by atoms with Crippen LogP contribution in [0.1, 0.15) is 18.5 Å². The van der Waals surface area contributed by atoms with E-state index in [9.17, 15) is 9.59 Å². The number of nitrogens with zero attached hydrogens (tertiary/aromatic N) is 1. The topological polar surface area (TPSA) is 127 Å². The third kappa shape index (κ3) is 4.64. The average Bonchev–Trinajstić information content (AvgIpc) is 2.86. The summed E-state index contributed by atoms with van der Waals surface area (Å²) < 4.78 is 0. The Morgan fingerprint density at radius 2 is 2.39 bits per heavy atom. The van der Waals surface area contributed by atoms with Crippen molar-refractivity contribution < 1.29 is 9.59 Å². The average molecular weight is 253 g/mol.